The van der Waals surface area contributed by atoms with Crippen LogP contribution in [0, 0.1) is 6.57 Å². The summed E-state index contributed by atoms with van der Waals surface area (Å²) in [6.07, 6.45) is 4.15. The Bertz CT molecular complexity index is 602. The predicted octanol–water partition coefficient (Wildman–Crippen LogP) is 2.72. The zero-order chi connectivity index (χ0) is 13.8. The molecule has 1 aliphatic rings. The highest BCUT2D eigenvalue weighted by Gasteiger charge is 2.22. The minimum Gasteiger partial charge on any atom is -0.369 e. The molecule has 5 nitrogen and oxygen atoms in total. The largest absolute Gasteiger partial charge is 0.369 e. The second-order valence-electron chi connectivity index (χ2n) is 4.79. The van der Waals surface area contributed by atoms with E-state index in [1.54, 1.807) is 12.4 Å². The Morgan fingerprint density at radius 2 is 1.95 bits per heavy atom. The van der Waals surface area contributed by atoms with Gasteiger partial charge in [-0.05, 0) is 18.6 Å². The smallest absolute Gasteiger partial charge is 0.223 e. The van der Waals surface area contributed by atoms with Crippen molar-refractivity contribution < 1.29 is 0 Å². The molecule has 0 spiro atoms. The Kier molecular flexibility index (Phi) is 3.46. The van der Waals surface area contributed by atoms with Crippen LogP contribution in [0.1, 0.15) is 6.42 Å². The number of hydrogen-bond donors (Lipinski definition) is 1. The third-order valence-electron chi connectivity index (χ3n) is 3.41. The van der Waals surface area contributed by atoms with Crippen LogP contribution in [0.25, 0.3) is 4.85 Å². The first-order valence-electron chi connectivity index (χ1n) is 6.61. The van der Waals surface area contributed by atoms with Crippen LogP contribution in [0.3, 0.4) is 0 Å². The first kappa shape index (κ1) is 12.4. The molecule has 0 saturated carbocycles. The van der Waals surface area contributed by atoms with Gasteiger partial charge in [0.15, 0.2) is 0 Å². The van der Waals surface area contributed by atoms with Crippen LogP contribution in [-0.4, -0.2) is 29.1 Å². The summed E-state index contributed by atoms with van der Waals surface area (Å²) in [7, 11) is 0. The van der Waals surface area contributed by atoms with Gasteiger partial charge in [0, 0.05) is 37.2 Å². The summed E-state index contributed by atoms with van der Waals surface area (Å²) in [5.41, 5.74) is 1.72. The van der Waals surface area contributed by atoms with Gasteiger partial charge in [0.25, 0.3) is 0 Å². The minimum absolute atomic E-state index is 0.342. The molecule has 0 bridgehead atoms. The van der Waals surface area contributed by atoms with E-state index in [1.807, 2.05) is 6.07 Å². The zero-order valence-electron chi connectivity index (χ0n) is 11.0. The number of benzene rings is 1. The maximum absolute atomic E-state index is 6.88. The molecule has 2 heterocycles. The Hall–Kier alpha value is -2.61. The van der Waals surface area contributed by atoms with Crippen molar-refractivity contribution in [2.24, 2.45) is 0 Å². The van der Waals surface area contributed by atoms with E-state index in [0.717, 1.165) is 19.5 Å². The van der Waals surface area contributed by atoms with E-state index in [0.29, 0.717) is 17.7 Å². The highest BCUT2D eigenvalue weighted by atomic mass is 15.2. The third-order valence-corrected chi connectivity index (χ3v) is 3.41. The molecule has 0 amide bonds. The SMILES string of the molecule is [C-]#[N+]c1cnc(NC2CCN(c3ccccc3)C2)nc1. The lowest BCUT2D eigenvalue weighted by molar-refractivity contribution is 0.792. The topological polar surface area (TPSA) is 45.4 Å². The van der Waals surface area contributed by atoms with Crippen molar-refractivity contribution in [1.29, 1.82) is 0 Å². The molecular formula is C15H15N5. The van der Waals surface area contributed by atoms with Crippen molar-refractivity contribution in [2.45, 2.75) is 12.5 Å². The van der Waals surface area contributed by atoms with Crippen molar-refractivity contribution in [1.82, 2.24) is 9.97 Å². The summed E-state index contributed by atoms with van der Waals surface area (Å²) in [6, 6.07) is 10.7. The monoisotopic (exact) mass is 265 g/mol. The van der Waals surface area contributed by atoms with E-state index in [-0.39, 0.29) is 0 Å². The molecule has 2 aromatic rings. The first-order chi connectivity index (χ1) is 9.85. The van der Waals surface area contributed by atoms with Crippen LogP contribution >= 0.6 is 0 Å². The molecule has 1 saturated heterocycles. The highest BCUT2D eigenvalue weighted by Crippen LogP contribution is 2.21. The fourth-order valence-corrected chi connectivity index (χ4v) is 2.39. The van der Waals surface area contributed by atoms with Gasteiger partial charge in [-0.25, -0.2) is 14.8 Å². The van der Waals surface area contributed by atoms with Gasteiger partial charge >= 0.3 is 0 Å². The van der Waals surface area contributed by atoms with Gasteiger partial charge in [-0.2, -0.15) is 0 Å². The van der Waals surface area contributed by atoms with E-state index in [4.69, 9.17) is 6.57 Å². The van der Waals surface area contributed by atoms with Crippen LogP contribution in [0.4, 0.5) is 17.3 Å². The molecule has 1 atom stereocenters. The van der Waals surface area contributed by atoms with Crippen LogP contribution < -0.4 is 10.2 Å². The first-order valence-corrected chi connectivity index (χ1v) is 6.61. The maximum Gasteiger partial charge on any atom is 0.223 e. The fraction of sp³-hybridized carbons (Fsp3) is 0.267. The van der Waals surface area contributed by atoms with Crippen LogP contribution in [0.5, 0.6) is 0 Å². The van der Waals surface area contributed by atoms with Crippen molar-refractivity contribution in [3.05, 3.63) is 54.1 Å². The molecule has 1 unspecified atom stereocenters. The molecule has 1 aromatic carbocycles. The molecule has 20 heavy (non-hydrogen) atoms. The molecule has 5 heteroatoms. The molecule has 1 aromatic heterocycles. The van der Waals surface area contributed by atoms with Gasteiger partial charge in [0.05, 0.1) is 6.57 Å². The number of nitrogens with zero attached hydrogens (tertiary/aromatic N) is 4. The molecular weight excluding hydrogens is 250 g/mol. The van der Waals surface area contributed by atoms with Gasteiger partial charge in [-0.3, -0.25) is 0 Å². The van der Waals surface area contributed by atoms with Crippen LogP contribution in [0.2, 0.25) is 0 Å². The quantitative estimate of drug-likeness (QED) is 0.867. The molecule has 100 valence electrons. The number of aromatic nitrogens is 2. The van der Waals surface area contributed by atoms with Crippen LogP contribution in [0.15, 0.2) is 42.7 Å². The Balaban J connectivity index is 1.61. The molecule has 1 N–H and O–H groups in total. The molecule has 3 rings (SSSR count). The van der Waals surface area contributed by atoms with E-state index in [1.165, 1.54) is 5.69 Å². The number of para-hydroxylation sites is 1. The maximum atomic E-state index is 6.88. The van der Waals surface area contributed by atoms with Gasteiger partial charge < -0.3 is 10.2 Å². The molecule has 0 radical (unpaired) electrons. The Morgan fingerprint density at radius 3 is 2.65 bits per heavy atom. The van der Waals surface area contributed by atoms with E-state index >= 15 is 0 Å². The summed E-state index contributed by atoms with van der Waals surface area (Å²) >= 11 is 0. The predicted molar refractivity (Wildman–Crippen MR) is 79.0 cm³/mol. The summed E-state index contributed by atoms with van der Waals surface area (Å²) in [6.45, 7) is 8.85. The Morgan fingerprint density at radius 1 is 1.20 bits per heavy atom. The zero-order valence-corrected chi connectivity index (χ0v) is 11.0. The molecule has 1 aliphatic heterocycles. The van der Waals surface area contributed by atoms with E-state index in [2.05, 4.69) is 49.3 Å². The van der Waals surface area contributed by atoms with Gasteiger partial charge in [-0.15, -0.1) is 0 Å². The average Bonchev–Trinajstić information content (AvgIpc) is 2.97. The summed E-state index contributed by atoms with van der Waals surface area (Å²) in [4.78, 5) is 13.9. The van der Waals surface area contributed by atoms with Gasteiger partial charge in [-0.1, -0.05) is 18.2 Å². The lowest BCUT2D eigenvalue weighted by Crippen LogP contribution is -2.26. The normalized spacial score (nSPS) is 17.8. The molecule has 1 fully saturated rings. The lowest BCUT2D eigenvalue weighted by atomic mass is 10.3. The van der Waals surface area contributed by atoms with Gasteiger partial charge in [0.2, 0.25) is 11.6 Å². The van der Waals surface area contributed by atoms with E-state index in [9.17, 15) is 0 Å². The number of rotatable bonds is 3. The van der Waals surface area contributed by atoms with Crippen molar-refractivity contribution >= 4 is 17.3 Å². The standard InChI is InChI=1S/C15H15N5/c1-16-13-9-17-15(18-10-13)19-12-7-8-20(11-12)14-5-3-2-4-6-14/h2-6,9-10,12H,7-8,11H2,(H,17,18,19). The lowest BCUT2D eigenvalue weighted by Gasteiger charge is -2.18. The summed E-state index contributed by atoms with van der Waals surface area (Å²) in [5, 5.41) is 3.33. The Labute approximate surface area is 118 Å². The third kappa shape index (κ3) is 2.69. The number of hydrogen-bond acceptors (Lipinski definition) is 4. The van der Waals surface area contributed by atoms with Gasteiger partial charge in [0.1, 0.15) is 0 Å². The van der Waals surface area contributed by atoms with Crippen molar-refractivity contribution in [3.8, 4) is 0 Å². The highest BCUT2D eigenvalue weighted by molar-refractivity contribution is 5.48. The van der Waals surface area contributed by atoms with Crippen molar-refractivity contribution in [3.63, 3.8) is 0 Å². The fourth-order valence-electron chi connectivity index (χ4n) is 2.39. The van der Waals surface area contributed by atoms with E-state index < -0.39 is 0 Å². The minimum atomic E-state index is 0.342. The van der Waals surface area contributed by atoms with Crippen LogP contribution in [-0.2, 0) is 0 Å². The molecule has 0 aliphatic carbocycles. The summed E-state index contributed by atoms with van der Waals surface area (Å²) in [5.74, 6) is 0.595. The second-order valence-corrected chi connectivity index (χ2v) is 4.79. The summed E-state index contributed by atoms with van der Waals surface area (Å²) < 4.78 is 0. The number of nitrogens with one attached hydrogen (secondary N) is 1. The second kappa shape index (κ2) is 5.57. The number of anilines is 2. The van der Waals surface area contributed by atoms with Crippen molar-refractivity contribution in [2.75, 3.05) is 23.3 Å². The average molecular weight is 265 g/mol.